The number of nitrogens with zero attached hydrogens (tertiary/aromatic N) is 2. The van der Waals surface area contributed by atoms with Crippen molar-refractivity contribution in [2.45, 2.75) is 74.9 Å². The molecule has 0 radical (unpaired) electrons. The summed E-state index contributed by atoms with van der Waals surface area (Å²) in [6.45, 7) is 7.84. The third kappa shape index (κ3) is 6.12. The molecule has 1 aliphatic heterocycles. The maximum Gasteiger partial charge on any atom is 0.259 e. The van der Waals surface area contributed by atoms with Gasteiger partial charge in [0.05, 0.1) is 24.9 Å². The Balaban J connectivity index is 1.40. The fraction of sp³-hybridized carbons (Fsp3) is 0.548. The van der Waals surface area contributed by atoms with Crippen LogP contribution in [0.4, 0.5) is 0 Å². The molecule has 2 aliphatic carbocycles. The molecule has 6 atom stereocenters. The Kier molecular flexibility index (Phi) is 8.90. The molecule has 44 heavy (non-hydrogen) atoms. The first-order valence-electron chi connectivity index (χ1n) is 15.1. The summed E-state index contributed by atoms with van der Waals surface area (Å²) in [4.78, 5) is 47.1. The van der Waals surface area contributed by atoms with Gasteiger partial charge in [0.1, 0.15) is 23.4 Å². The maximum absolute atomic E-state index is 14.0. The SMILES string of the molecule is C=C[C@@H]1C[C@]1(NC(=O)[C@@H]1C[C@@H](Oc2nccc3cc(OC)ccc23)CN1C(=O)C(NC)[C@@H](C)CC)C(=O)NS(=O)(=O)C1CC1. The highest BCUT2D eigenvalue weighted by molar-refractivity contribution is 7.91. The zero-order valence-corrected chi connectivity index (χ0v) is 26.4. The molecule has 3 fully saturated rings. The highest BCUT2D eigenvalue weighted by Crippen LogP contribution is 2.45. The second kappa shape index (κ2) is 12.4. The number of pyridine rings is 1. The van der Waals surface area contributed by atoms with Gasteiger partial charge >= 0.3 is 0 Å². The van der Waals surface area contributed by atoms with Crippen LogP contribution in [0.1, 0.15) is 46.0 Å². The molecule has 1 aromatic carbocycles. The number of likely N-dealkylation sites (tertiary alicyclic amines) is 1. The lowest BCUT2D eigenvalue weighted by molar-refractivity contribution is -0.142. The van der Waals surface area contributed by atoms with E-state index < -0.39 is 56.7 Å². The van der Waals surface area contributed by atoms with Crippen LogP contribution in [0.25, 0.3) is 10.8 Å². The van der Waals surface area contributed by atoms with Crippen molar-refractivity contribution in [3.63, 3.8) is 0 Å². The van der Waals surface area contributed by atoms with Crippen molar-refractivity contribution in [3.8, 4) is 11.6 Å². The lowest BCUT2D eigenvalue weighted by Gasteiger charge is -2.31. The van der Waals surface area contributed by atoms with E-state index in [1.165, 1.54) is 11.0 Å². The highest BCUT2D eigenvalue weighted by atomic mass is 32.2. The van der Waals surface area contributed by atoms with Crippen LogP contribution in [-0.2, 0) is 24.4 Å². The Bertz CT molecular complexity index is 1560. The summed E-state index contributed by atoms with van der Waals surface area (Å²) in [5.41, 5.74) is -1.45. The Labute approximate surface area is 258 Å². The summed E-state index contributed by atoms with van der Waals surface area (Å²) in [6.07, 6.45) is 4.69. The molecule has 3 N–H and O–H groups in total. The second-order valence-corrected chi connectivity index (χ2v) is 14.0. The summed E-state index contributed by atoms with van der Waals surface area (Å²) >= 11 is 0. The van der Waals surface area contributed by atoms with Crippen molar-refractivity contribution in [1.82, 2.24) is 25.2 Å². The quantitative estimate of drug-likeness (QED) is 0.282. The maximum atomic E-state index is 14.0. The van der Waals surface area contributed by atoms with Crippen LogP contribution in [0, 0.1) is 11.8 Å². The van der Waals surface area contributed by atoms with Crippen LogP contribution in [0.3, 0.4) is 0 Å². The van der Waals surface area contributed by atoms with Gasteiger partial charge in [-0.25, -0.2) is 13.4 Å². The Morgan fingerprint density at radius 1 is 1.25 bits per heavy atom. The summed E-state index contributed by atoms with van der Waals surface area (Å²) in [5.74, 6) is -0.991. The van der Waals surface area contributed by atoms with E-state index in [2.05, 4.69) is 26.9 Å². The molecule has 12 nitrogen and oxygen atoms in total. The first-order chi connectivity index (χ1) is 21.0. The molecular formula is C31H41N5O7S. The van der Waals surface area contributed by atoms with Crippen LogP contribution in [0.15, 0.2) is 43.1 Å². The van der Waals surface area contributed by atoms with Gasteiger partial charge in [0, 0.05) is 23.9 Å². The van der Waals surface area contributed by atoms with Gasteiger partial charge in [-0.15, -0.1) is 6.58 Å². The standard InChI is InChI=1S/C31H41N5O7S/c1-6-18(3)26(32-4)29(38)36-17-22(43-28-24-11-8-21(42-5)14-19(24)12-13-33-28)15-25(36)27(37)34-31(16-20(31)7-2)30(39)35-44(40,41)23-9-10-23/h7-8,11-14,18,20,22-23,25-26,32H,2,6,9-10,15-17H2,1,3-5H3,(H,34,37)(H,35,39)/t18-,20+,22+,25-,26?,31+/m0/s1. The smallest absolute Gasteiger partial charge is 0.259 e. The molecule has 2 heterocycles. The number of carbonyl (C=O) groups is 3. The fourth-order valence-electron chi connectivity index (χ4n) is 5.97. The minimum absolute atomic E-state index is 0.00998. The van der Waals surface area contributed by atoms with Crippen molar-refractivity contribution in [3.05, 3.63) is 43.1 Å². The van der Waals surface area contributed by atoms with E-state index in [0.717, 1.165) is 17.2 Å². The number of methoxy groups -OCH3 is 1. The number of sulfonamides is 1. The van der Waals surface area contributed by atoms with Crippen LogP contribution >= 0.6 is 0 Å². The second-order valence-electron chi connectivity index (χ2n) is 12.0. The number of hydrogen-bond acceptors (Lipinski definition) is 9. The number of ether oxygens (including phenoxy) is 2. The first kappa shape index (κ1) is 31.7. The van der Waals surface area contributed by atoms with Crippen LogP contribution in [-0.4, -0.2) is 85.7 Å². The molecule has 0 spiro atoms. The minimum Gasteiger partial charge on any atom is -0.497 e. The monoisotopic (exact) mass is 627 g/mol. The fourth-order valence-corrected chi connectivity index (χ4v) is 7.33. The molecule has 13 heteroatoms. The summed E-state index contributed by atoms with van der Waals surface area (Å²) in [7, 11) is -0.528. The molecule has 3 aliphatic rings. The molecule has 3 amide bonds. The van der Waals surface area contributed by atoms with E-state index in [1.54, 1.807) is 26.4 Å². The van der Waals surface area contributed by atoms with Gasteiger partial charge in [0.25, 0.3) is 5.91 Å². The van der Waals surface area contributed by atoms with Crippen molar-refractivity contribution >= 4 is 38.5 Å². The van der Waals surface area contributed by atoms with Crippen LogP contribution in [0.5, 0.6) is 11.6 Å². The van der Waals surface area contributed by atoms with Crippen molar-refractivity contribution in [2.75, 3.05) is 20.7 Å². The molecule has 5 rings (SSSR count). The largest absolute Gasteiger partial charge is 0.497 e. The molecule has 2 saturated carbocycles. The topological polar surface area (TPSA) is 156 Å². The lowest BCUT2D eigenvalue weighted by Crippen LogP contribution is -2.58. The number of fused-ring (bicyclic) bond motifs is 1. The number of benzene rings is 1. The van der Waals surface area contributed by atoms with Gasteiger partial charge in [-0.05, 0) is 61.9 Å². The summed E-state index contributed by atoms with van der Waals surface area (Å²) in [6, 6.07) is 5.86. The number of hydrogen-bond donors (Lipinski definition) is 3. The van der Waals surface area contributed by atoms with Gasteiger partial charge in [0.15, 0.2) is 0 Å². The van der Waals surface area contributed by atoms with Gasteiger partial charge in [-0.3, -0.25) is 19.1 Å². The van der Waals surface area contributed by atoms with E-state index in [1.807, 2.05) is 32.0 Å². The van der Waals surface area contributed by atoms with E-state index in [9.17, 15) is 22.8 Å². The average molecular weight is 628 g/mol. The molecule has 0 bridgehead atoms. The normalized spacial score (nSPS) is 26.0. The van der Waals surface area contributed by atoms with Crippen molar-refractivity contribution in [1.29, 1.82) is 0 Å². The van der Waals surface area contributed by atoms with Crippen LogP contribution in [0.2, 0.25) is 0 Å². The third-order valence-electron chi connectivity index (χ3n) is 9.10. The van der Waals surface area contributed by atoms with Gasteiger partial charge in [-0.2, -0.15) is 0 Å². The predicted molar refractivity (Wildman–Crippen MR) is 164 cm³/mol. The summed E-state index contributed by atoms with van der Waals surface area (Å²) < 4.78 is 38.9. The third-order valence-corrected chi connectivity index (χ3v) is 10.9. The number of rotatable bonds is 13. The first-order valence-corrected chi connectivity index (χ1v) is 16.6. The summed E-state index contributed by atoms with van der Waals surface area (Å²) in [5, 5.41) is 6.93. The zero-order chi connectivity index (χ0) is 31.8. The molecule has 1 unspecified atom stereocenters. The number of amides is 3. The van der Waals surface area contributed by atoms with Gasteiger partial charge in [-0.1, -0.05) is 26.3 Å². The van der Waals surface area contributed by atoms with Crippen molar-refractivity contribution in [2.24, 2.45) is 11.8 Å². The predicted octanol–water partition coefficient (Wildman–Crippen LogP) is 1.90. The minimum atomic E-state index is -3.83. The molecular weight excluding hydrogens is 586 g/mol. The Morgan fingerprint density at radius 2 is 2.00 bits per heavy atom. The van der Waals surface area contributed by atoms with E-state index in [0.29, 0.717) is 24.5 Å². The average Bonchev–Trinajstić information content (AvgIpc) is 3.94. The molecule has 1 aromatic heterocycles. The number of aromatic nitrogens is 1. The van der Waals surface area contributed by atoms with Crippen molar-refractivity contribution < 1.29 is 32.3 Å². The van der Waals surface area contributed by atoms with Crippen LogP contribution < -0.4 is 24.8 Å². The van der Waals surface area contributed by atoms with Gasteiger partial charge in [0.2, 0.25) is 27.7 Å². The van der Waals surface area contributed by atoms with Gasteiger partial charge < -0.3 is 25.0 Å². The molecule has 1 saturated heterocycles. The van der Waals surface area contributed by atoms with E-state index in [-0.39, 0.29) is 31.2 Å². The van der Waals surface area contributed by atoms with E-state index in [4.69, 9.17) is 9.47 Å². The van der Waals surface area contributed by atoms with E-state index >= 15 is 0 Å². The molecule has 238 valence electrons. The lowest BCUT2D eigenvalue weighted by atomic mass is 9.97. The number of carbonyl (C=O) groups excluding carboxylic acids is 3. The number of nitrogens with one attached hydrogen (secondary N) is 3. The Hall–Kier alpha value is -3.71. The molecule has 2 aromatic rings. The number of likely N-dealkylation sites (N-methyl/N-ethyl adjacent to an activating group) is 1. The highest BCUT2D eigenvalue weighted by Gasteiger charge is 2.62. The Morgan fingerprint density at radius 3 is 2.61 bits per heavy atom. The zero-order valence-electron chi connectivity index (χ0n) is 25.5.